The van der Waals surface area contributed by atoms with Crippen LogP contribution in [0.1, 0.15) is 24.8 Å². The molecule has 3 aliphatic rings. The Bertz CT molecular complexity index is 694. The van der Waals surface area contributed by atoms with Gasteiger partial charge < -0.3 is 4.74 Å². The summed E-state index contributed by atoms with van der Waals surface area (Å²) in [4.78, 5) is 2.69. The predicted molar refractivity (Wildman–Crippen MR) is 103 cm³/mol. The molecular formula is C23H27NO. The highest BCUT2D eigenvalue weighted by molar-refractivity contribution is 5.42. The van der Waals surface area contributed by atoms with E-state index in [2.05, 4.69) is 77.8 Å². The smallest absolute Gasteiger partial charge is 0.0746 e. The van der Waals surface area contributed by atoms with Crippen molar-refractivity contribution in [2.24, 2.45) is 5.92 Å². The van der Waals surface area contributed by atoms with Crippen molar-refractivity contribution in [2.75, 3.05) is 26.3 Å². The van der Waals surface area contributed by atoms with Crippen molar-refractivity contribution in [2.45, 2.75) is 24.8 Å². The molecule has 4 rings (SSSR count). The Morgan fingerprint density at radius 2 is 1.80 bits per heavy atom. The summed E-state index contributed by atoms with van der Waals surface area (Å²) in [7, 11) is 0. The summed E-state index contributed by atoms with van der Waals surface area (Å²) < 4.78 is 5.70. The van der Waals surface area contributed by atoms with E-state index in [1.54, 1.807) is 5.57 Å². The van der Waals surface area contributed by atoms with Gasteiger partial charge in [-0.15, -0.1) is 0 Å². The van der Waals surface area contributed by atoms with Gasteiger partial charge in [0.2, 0.25) is 0 Å². The van der Waals surface area contributed by atoms with Crippen LogP contribution in [0.4, 0.5) is 0 Å². The summed E-state index contributed by atoms with van der Waals surface area (Å²) in [6.07, 6.45) is 19.4. The molecule has 0 saturated carbocycles. The molecule has 2 aliphatic carbocycles. The van der Waals surface area contributed by atoms with Gasteiger partial charge in [0.1, 0.15) is 0 Å². The minimum atomic E-state index is -0.0724. The van der Waals surface area contributed by atoms with E-state index >= 15 is 0 Å². The van der Waals surface area contributed by atoms with Crippen molar-refractivity contribution in [1.29, 1.82) is 0 Å². The number of morpholine rings is 1. The zero-order valence-electron chi connectivity index (χ0n) is 14.8. The largest absolute Gasteiger partial charge is 0.379 e. The predicted octanol–water partition coefficient (Wildman–Crippen LogP) is 4.62. The molecule has 0 radical (unpaired) electrons. The maximum Gasteiger partial charge on any atom is 0.0746 e. The average molecular weight is 333 g/mol. The molecule has 1 fully saturated rings. The maximum absolute atomic E-state index is 5.70. The number of allylic oxidation sites excluding steroid dienone is 6. The number of rotatable bonds is 4. The highest BCUT2D eigenvalue weighted by atomic mass is 16.5. The lowest BCUT2D eigenvalue weighted by Crippen LogP contribution is -2.56. The summed E-state index contributed by atoms with van der Waals surface area (Å²) in [5.41, 5.74) is 2.90. The number of nitrogens with zero attached hydrogens (tertiary/aromatic N) is 1. The summed E-state index contributed by atoms with van der Waals surface area (Å²) in [6, 6.07) is 11.1. The maximum atomic E-state index is 5.70. The second kappa shape index (κ2) is 7.55. The third-order valence-electron chi connectivity index (χ3n) is 5.74. The first-order valence-corrected chi connectivity index (χ1v) is 9.50. The quantitative estimate of drug-likeness (QED) is 0.797. The lowest BCUT2D eigenvalue weighted by atomic mass is 9.67. The third-order valence-corrected chi connectivity index (χ3v) is 5.74. The standard InChI is InChI=1S/C23H27NO/c1-4-10-20(11-5-1)23(21-12-6-2-7-13-21,22-14-8-3-9-15-22)24-16-18-25-19-17-24/h1-8,10-12,14,21H,9,13,15-19H2. The Morgan fingerprint density at radius 3 is 2.48 bits per heavy atom. The van der Waals surface area contributed by atoms with Crippen LogP contribution in [0.25, 0.3) is 0 Å². The molecule has 1 aromatic rings. The van der Waals surface area contributed by atoms with Crippen LogP contribution in [0.2, 0.25) is 0 Å². The van der Waals surface area contributed by atoms with Crippen LogP contribution < -0.4 is 0 Å². The Labute approximate surface area is 151 Å². The van der Waals surface area contributed by atoms with Crippen molar-refractivity contribution in [3.8, 4) is 0 Å². The first-order chi connectivity index (χ1) is 12.4. The van der Waals surface area contributed by atoms with E-state index in [4.69, 9.17) is 4.74 Å². The summed E-state index contributed by atoms with van der Waals surface area (Å²) in [5.74, 6) is 0.454. The molecule has 2 unspecified atom stereocenters. The molecule has 0 bridgehead atoms. The van der Waals surface area contributed by atoms with Crippen LogP contribution in [-0.4, -0.2) is 31.2 Å². The van der Waals surface area contributed by atoms with E-state index in [0.717, 1.165) is 45.6 Å². The van der Waals surface area contributed by atoms with Crippen LogP contribution in [-0.2, 0) is 10.3 Å². The molecule has 2 heteroatoms. The third kappa shape index (κ3) is 3.05. The normalized spacial score (nSPS) is 26.2. The fourth-order valence-electron chi connectivity index (χ4n) is 4.68. The molecule has 2 nitrogen and oxygen atoms in total. The van der Waals surface area contributed by atoms with E-state index in [1.807, 2.05) is 0 Å². The van der Waals surface area contributed by atoms with E-state index in [1.165, 1.54) is 5.56 Å². The topological polar surface area (TPSA) is 12.5 Å². The summed E-state index contributed by atoms with van der Waals surface area (Å²) in [5, 5.41) is 0. The van der Waals surface area contributed by atoms with Crippen LogP contribution in [0, 0.1) is 5.92 Å². The fraction of sp³-hybridized carbons (Fsp3) is 0.391. The van der Waals surface area contributed by atoms with Gasteiger partial charge in [0.05, 0.1) is 18.8 Å². The number of benzene rings is 1. The van der Waals surface area contributed by atoms with Crippen molar-refractivity contribution < 1.29 is 4.74 Å². The second-order valence-corrected chi connectivity index (χ2v) is 7.05. The summed E-state index contributed by atoms with van der Waals surface area (Å²) in [6.45, 7) is 3.63. The van der Waals surface area contributed by atoms with Gasteiger partial charge in [-0.25, -0.2) is 0 Å². The molecule has 1 aromatic carbocycles. The summed E-state index contributed by atoms with van der Waals surface area (Å²) >= 11 is 0. The van der Waals surface area contributed by atoms with Gasteiger partial charge in [-0.3, -0.25) is 4.90 Å². The minimum absolute atomic E-state index is 0.0724. The Kier molecular flexibility index (Phi) is 5.00. The van der Waals surface area contributed by atoms with Crippen LogP contribution >= 0.6 is 0 Å². The van der Waals surface area contributed by atoms with Crippen molar-refractivity contribution in [1.82, 2.24) is 4.90 Å². The molecule has 0 N–H and O–H groups in total. The lowest BCUT2D eigenvalue weighted by Gasteiger charge is -2.52. The number of hydrogen-bond donors (Lipinski definition) is 0. The molecule has 0 spiro atoms. The molecule has 2 atom stereocenters. The van der Waals surface area contributed by atoms with E-state index in [-0.39, 0.29) is 5.54 Å². The van der Waals surface area contributed by atoms with Gasteiger partial charge in [0.25, 0.3) is 0 Å². The molecular weight excluding hydrogens is 306 g/mol. The SMILES string of the molecule is C1=CCCC(C(c2ccccc2)(C2C=CC=CC2)N2CCOCC2)=C1. The molecule has 0 amide bonds. The molecule has 1 heterocycles. The van der Waals surface area contributed by atoms with Crippen molar-refractivity contribution in [3.05, 3.63) is 84.0 Å². The van der Waals surface area contributed by atoms with Crippen LogP contribution in [0.3, 0.4) is 0 Å². The van der Waals surface area contributed by atoms with Gasteiger partial charge >= 0.3 is 0 Å². The van der Waals surface area contributed by atoms with Gasteiger partial charge in [-0.05, 0) is 30.4 Å². The van der Waals surface area contributed by atoms with Gasteiger partial charge in [0, 0.05) is 19.0 Å². The lowest BCUT2D eigenvalue weighted by molar-refractivity contribution is -0.0278. The van der Waals surface area contributed by atoms with Gasteiger partial charge in [0.15, 0.2) is 0 Å². The highest BCUT2D eigenvalue weighted by Crippen LogP contribution is 2.48. The van der Waals surface area contributed by atoms with E-state index in [9.17, 15) is 0 Å². The van der Waals surface area contributed by atoms with Crippen LogP contribution in [0.5, 0.6) is 0 Å². The minimum Gasteiger partial charge on any atom is -0.379 e. The number of ether oxygens (including phenoxy) is 1. The van der Waals surface area contributed by atoms with Crippen LogP contribution in [0.15, 0.2) is 78.4 Å². The molecule has 0 aromatic heterocycles. The molecule has 1 saturated heterocycles. The van der Waals surface area contributed by atoms with Crippen molar-refractivity contribution >= 4 is 0 Å². The number of hydrogen-bond acceptors (Lipinski definition) is 2. The average Bonchev–Trinajstić information content (AvgIpc) is 2.72. The Hall–Kier alpha value is -1.90. The van der Waals surface area contributed by atoms with Gasteiger partial charge in [-0.1, -0.05) is 72.9 Å². The zero-order valence-corrected chi connectivity index (χ0v) is 14.8. The Morgan fingerprint density at radius 1 is 0.960 bits per heavy atom. The highest BCUT2D eigenvalue weighted by Gasteiger charge is 2.47. The van der Waals surface area contributed by atoms with Crippen molar-refractivity contribution in [3.63, 3.8) is 0 Å². The second-order valence-electron chi connectivity index (χ2n) is 7.05. The Balaban J connectivity index is 1.89. The van der Waals surface area contributed by atoms with E-state index in [0.29, 0.717) is 5.92 Å². The molecule has 1 aliphatic heterocycles. The first-order valence-electron chi connectivity index (χ1n) is 9.50. The zero-order chi connectivity index (χ0) is 17.0. The fourth-order valence-corrected chi connectivity index (χ4v) is 4.68. The van der Waals surface area contributed by atoms with Gasteiger partial charge in [-0.2, -0.15) is 0 Å². The monoisotopic (exact) mass is 333 g/mol. The van der Waals surface area contributed by atoms with E-state index < -0.39 is 0 Å². The molecule has 25 heavy (non-hydrogen) atoms. The first kappa shape index (κ1) is 16.6. The molecule has 130 valence electrons.